The highest BCUT2D eigenvalue weighted by molar-refractivity contribution is 7.15. The number of thiazole rings is 1. The Morgan fingerprint density at radius 3 is 2.79 bits per heavy atom. The first-order chi connectivity index (χ1) is 6.90. The van der Waals surface area contributed by atoms with Crippen LogP contribution in [0.1, 0.15) is 5.01 Å². The summed E-state index contributed by atoms with van der Waals surface area (Å²) in [4.78, 5) is 9.46. The van der Waals surface area contributed by atoms with Crippen molar-refractivity contribution in [3.8, 4) is 10.4 Å². The van der Waals surface area contributed by atoms with Crippen LogP contribution in [-0.2, 0) is 6.42 Å². The minimum atomic E-state index is 0.656. The summed E-state index contributed by atoms with van der Waals surface area (Å²) in [5, 5.41) is 1.10. The van der Waals surface area contributed by atoms with Gasteiger partial charge in [-0.2, -0.15) is 0 Å². The molecule has 0 aliphatic heterocycles. The van der Waals surface area contributed by atoms with Crippen LogP contribution < -0.4 is 5.73 Å². The molecule has 0 aromatic carbocycles. The van der Waals surface area contributed by atoms with E-state index < -0.39 is 0 Å². The zero-order valence-corrected chi connectivity index (χ0v) is 8.50. The predicted octanol–water partition coefficient (Wildman–Crippen LogP) is 1.71. The van der Waals surface area contributed by atoms with Crippen LogP contribution in [0.15, 0.2) is 30.7 Å². The Labute approximate surface area is 86.6 Å². The molecule has 0 aliphatic carbocycles. The van der Waals surface area contributed by atoms with Crippen molar-refractivity contribution >= 4 is 11.3 Å². The molecule has 0 fully saturated rings. The molecule has 0 saturated carbocycles. The fourth-order valence-electron chi connectivity index (χ4n) is 1.20. The lowest BCUT2D eigenvalue weighted by Gasteiger charge is -1.93. The number of nitrogens with two attached hydrogens (primary N) is 1. The van der Waals surface area contributed by atoms with E-state index >= 15 is 0 Å². The molecule has 0 saturated heterocycles. The standard InChI is InChI=1S/C10H11N3S/c11-4-1-10-13-7-9(14-10)8-2-5-12-6-3-8/h2-3,5-7H,1,4,11H2. The lowest BCUT2D eigenvalue weighted by atomic mass is 10.2. The van der Waals surface area contributed by atoms with Crippen molar-refractivity contribution in [1.82, 2.24) is 9.97 Å². The van der Waals surface area contributed by atoms with E-state index in [0.29, 0.717) is 6.54 Å². The SMILES string of the molecule is NCCc1ncc(-c2ccncc2)s1. The molecule has 2 aromatic rings. The molecule has 0 bridgehead atoms. The lowest BCUT2D eigenvalue weighted by molar-refractivity contribution is 0.953. The smallest absolute Gasteiger partial charge is 0.0943 e. The summed E-state index contributed by atoms with van der Waals surface area (Å²) in [5.74, 6) is 0. The van der Waals surface area contributed by atoms with Crippen molar-refractivity contribution in [2.75, 3.05) is 6.54 Å². The largest absolute Gasteiger partial charge is 0.330 e. The molecule has 4 heteroatoms. The number of nitrogens with zero attached hydrogens (tertiary/aromatic N) is 2. The number of aromatic nitrogens is 2. The van der Waals surface area contributed by atoms with Crippen LogP contribution >= 0.6 is 11.3 Å². The first-order valence-electron chi connectivity index (χ1n) is 4.45. The van der Waals surface area contributed by atoms with Crippen molar-refractivity contribution in [1.29, 1.82) is 0 Å². The second-order valence-corrected chi connectivity index (χ2v) is 4.01. The summed E-state index contributed by atoms with van der Waals surface area (Å²) in [6.07, 6.45) is 6.33. The topological polar surface area (TPSA) is 51.8 Å². The lowest BCUT2D eigenvalue weighted by Crippen LogP contribution is -2.01. The number of hydrogen-bond donors (Lipinski definition) is 1. The molecule has 3 nitrogen and oxygen atoms in total. The van der Waals surface area contributed by atoms with Gasteiger partial charge in [-0.25, -0.2) is 4.98 Å². The molecule has 14 heavy (non-hydrogen) atoms. The zero-order valence-electron chi connectivity index (χ0n) is 7.68. The Kier molecular flexibility index (Phi) is 2.86. The molecule has 2 rings (SSSR count). The third-order valence-electron chi connectivity index (χ3n) is 1.88. The third-order valence-corrected chi connectivity index (χ3v) is 2.98. The molecule has 72 valence electrons. The molecule has 0 radical (unpaired) electrons. The fourth-order valence-corrected chi connectivity index (χ4v) is 2.14. The van der Waals surface area contributed by atoms with Gasteiger partial charge in [-0.05, 0) is 24.2 Å². The Morgan fingerprint density at radius 2 is 2.07 bits per heavy atom. The van der Waals surface area contributed by atoms with Crippen LogP contribution in [0.2, 0.25) is 0 Å². The average molecular weight is 205 g/mol. The van der Waals surface area contributed by atoms with Gasteiger partial charge in [0.15, 0.2) is 0 Å². The van der Waals surface area contributed by atoms with Gasteiger partial charge in [0.25, 0.3) is 0 Å². The van der Waals surface area contributed by atoms with Crippen LogP contribution in [0.4, 0.5) is 0 Å². The van der Waals surface area contributed by atoms with Crippen LogP contribution in [0, 0.1) is 0 Å². The van der Waals surface area contributed by atoms with Gasteiger partial charge in [-0.1, -0.05) is 0 Å². The van der Waals surface area contributed by atoms with Gasteiger partial charge in [0.1, 0.15) is 0 Å². The monoisotopic (exact) mass is 205 g/mol. The highest BCUT2D eigenvalue weighted by Crippen LogP contribution is 2.25. The van der Waals surface area contributed by atoms with Gasteiger partial charge >= 0.3 is 0 Å². The van der Waals surface area contributed by atoms with Gasteiger partial charge in [0.2, 0.25) is 0 Å². The Hall–Kier alpha value is -1.26. The number of pyridine rings is 1. The number of rotatable bonds is 3. The molecule has 0 spiro atoms. The molecule has 0 amide bonds. The molecule has 0 aliphatic rings. The summed E-state index contributed by atoms with van der Waals surface area (Å²) in [6.45, 7) is 0.656. The van der Waals surface area contributed by atoms with Crippen molar-refractivity contribution in [2.24, 2.45) is 5.73 Å². The van der Waals surface area contributed by atoms with Crippen LogP contribution in [0.25, 0.3) is 10.4 Å². The van der Waals surface area contributed by atoms with Gasteiger partial charge in [-0.3, -0.25) is 4.98 Å². The summed E-state index contributed by atoms with van der Waals surface area (Å²) in [6, 6.07) is 3.97. The first kappa shape index (κ1) is 9.30. The van der Waals surface area contributed by atoms with Crippen LogP contribution in [-0.4, -0.2) is 16.5 Å². The molecule has 2 heterocycles. The van der Waals surface area contributed by atoms with Crippen LogP contribution in [0.5, 0.6) is 0 Å². The fraction of sp³-hybridized carbons (Fsp3) is 0.200. The summed E-state index contributed by atoms with van der Waals surface area (Å²) in [7, 11) is 0. The van der Waals surface area contributed by atoms with Crippen molar-refractivity contribution < 1.29 is 0 Å². The molecular formula is C10H11N3S. The van der Waals surface area contributed by atoms with E-state index in [9.17, 15) is 0 Å². The molecule has 0 atom stereocenters. The minimum Gasteiger partial charge on any atom is -0.330 e. The van der Waals surface area contributed by atoms with E-state index in [-0.39, 0.29) is 0 Å². The quantitative estimate of drug-likeness (QED) is 0.829. The van der Waals surface area contributed by atoms with Gasteiger partial charge in [0, 0.05) is 25.0 Å². The normalized spacial score (nSPS) is 10.4. The van der Waals surface area contributed by atoms with Crippen molar-refractivity contribution in [2.45, 2.75) is 6.42 Å². The highest BCUT2D eigenvalue weighted by atomic mass is 32.1. The van der Waals surface area contributed by atoms with E-state index in [1.807, 2.05) is 18.3 Å². The van der Waals surface area contributed by atoms with E-state index in [1.54, 1.807) is 23.7 Å². The van der Waals surface area contributed by atoms with E-state index in [4.69, 9.17) is 5.73 Å². The second-order valence-electron chi connectivity index (χ2n) is 2.89. The van der Waals surface area contributed by atoms with E-state index in [0.717, 1.165) is 11.4 Å². The minimum absolute atomic E-state index is 0.656. The maximum Gasteiger partial charge on any atom is 0.0943 e. The summed E-state index contributed by atoms with van der Waals surface area (Å²) in [5.41, 5.74) is 6.63. The van der Waals surface area contributed by atoms with Crippen molar-refractivity contribution in [3.05, 3.63) is 35.7 Å². The molecular weight excluding hydrogens is 194 g/mol. The Bertz CT molecular complexity index is 397. The number of hydrogen-bond acceptors (Lipinski definition) is 4. The summed E-state index contributed by atoms with van der Waals surface area (Å²) < 4.78 is 0. The Morgan fingerprint density at radius 1 is 1.29 bits per heavy atom. The third kappa shape index (κ3) is 1.97. The van der Waals surface area contributed by atoms with Gasteiger partial charge in [-0.15, -0.1) is 11.3 Å². The average Bonchev–Trinajstić information content (AvgIpc) is 2.68. The summed E-state index contributed by atoms with van der Waals surface area (Å²) >= 11 is 1.69. The van der Waals surface area contributed by atoms with Crippen molar-refractivity contribution in [3.63, 3.8) is 0 Å². The zero-order chi connectivity index (χ0) is 9.80. The van der Waals surface area contributed by atoms with E-state index in [2.05, 4.69) is 9.97 Å². The van der Waals surface area contributed by atoms with Gasteiger partial charge in [0.05, 0.1) is 9.88 Å². The Balaban J connectivity index is 2.25. The highest BCUT2D eigenvalue weighted by Gasteiger charge is 2.02. The molecule has 2 aromatic heterocycles. The molecule has 2 N–H and O–H groups in total. The maximum atomic E-state index is 5.47. The molecule has 0 unspecified atom stereocenters. The second kappa shape index (κ2) is 4.30. The van der Waals surface area contributed by atoms with Crippen LogP contribution in [0.3, 0.4) is 0 Å². The maximum absolute atomic E-state index is 5.47. The van der Waals surface area contributed by atoms with E-state index in [1.165, 1.54) is 10.4 Å². The predicted molar refractivity (Wildman–Crippen MR) is 58.1 cm³/mol. The first-order valence-corrected chi connectivity index (χ1v) is 5.27. The van der Waals surface area contributed by atoms with Gasteiger partial charge < -0.3 is 5.73 Å².